The summed E-state index contributed by atoms with van der Waals surface area (Å²) in [5.41, 5.74) is 2.60. The molecule has 1 aromatic carbocycles. The van der Waals surface area contributed by atoms with Crippen LogP contribution in [0.15, 0.2) is 42.7 Å². The highest BCUT2D eigenvalue weighted by Crippen LogP contribution is 2.38. The number of aromatic nitrogens is 2. The van der Waals surface area contributed by atoms with Crippen LogP contribution in [0.3, 0.4) is 0 Å². The van der Waals surface area contributed by atoms with E-state index in [1.807, 2.05) is 22.9 Å². The number of nitrogens with one attached hydrogen (secondary N) is 1. The summed E-state index contributed by atoms with van der Waals surface area (Å²) in [6, 6.07) is 8.87. The van der Waals surface area contributed by atoms with Crippen molar-refractivity contribution in [1.29, 1.82) is 0 Å². The minimum atomic E-state index is -0.448. The molecular formula is C23H23N3O5. The van der Waals surface area contributed by atoms with E-state index in [2.05, 4.69) is 10.3 Å². The summed E-state index contributed by atoms with van der Waals surface area (Å²) in [5, 5.41) is 3.24. The zero-order valence-corrected chi connectivity index (χ0v) is 17.6. The zero-order valence-electron chi connectivity index (χ0n) is 17.6. The predicted molar refractivity (Wildman–Crippen MR) is 116 cm³/mol. The topological polar surface area (TPSA) is 91.7 Å². The number of methoxy groups -OCH3 is 3. The van der Waals surface area contributed by atoms with Gasteiger partial charge in [0.15, 0.2) is 11.5 Å². The van der Waals surface area contributed by atoms with Crippen molar-refractivity contribution in [2.24, 2.45) is 0 Å². The standard InChI is InChI=1S/C23H23N3O5/c1-29-11-5-10-26-13-16(15-6-4-9-24-21(15)26)20-19(22(27)25-23(20)28)14-7-8-17(30-2)18(12-14)31-3/h4,6-9,12-13H,5,10-11H2,1-3H3,(H,25,27,28). The molecular weight excluding hydrogens is 398 g/mol. The number of benzene rings is 1. The van der Waals surface area contributed by atoms with Crippen molar-refractivity contribution in [2.75, 3.05) is 27.9 Å². The van der Waals surface area contributed by atoms with Gasteiger partial charge in [-0.15, -0.1) is 0 Å². The Morgan fingerprint density at radius 3 is 2.52 bits per heavy atom. The quantitative estimate of drug-likeness (QED) is 0.444. The van der Waals surface area contributed by atoms with Gasteiger partial charge in [-0.3, -0.25) is 14.9 Å². The van der Waals surface area contributed by atoms with Crippen molar-refractivity contribution >= 4 is 34.0 Å². The normalized spacial score (nSPS) is 13.8. The smallest absolute Gasteiger partial charge is 0.259 e. The second-order valence-corrected chi connectivity index (χ2v) is 7.06. The molecule has 0 atom stereocenters. The van der Waals surface area contributed by atoms with E-state index in [1.54, 1.807) is 38.6 Å². The van der Waals surface area contributed by atoms with Gasteiger partial charge in [-0.1, -0.05) is 6.07 Å². The van der Waals surface area contributed by atoms with Crippen LogP contribution in [0.4, 0.5) is 0 Å². The van der Waals surface area contributed by atoms with Crippen molar-refractivity contribution < 1.29 is 23.8 Å². The van der Waals surface area contributed by atoms with E-state index in [-0.39, 0.29) is 0 Å². The highest BCUT2D eigenvalue weighted by atomic mass is 16.5. The Balaban J connectivity index is 1.90. The van der Waals surface area contributed by atoms with Crippen LogP contribution in [-0.4, -0.2) is 49.3 Å². The Morgan fingerprint density at radius 2 is 1.77 bits per heavy atom. The Bertz CT molecular complexity index is 1200. The largest absolute Gasteiger partial charge is 0.493 e. The average Bonchev–Trinajstić information content (AvgIpc) is 3.29. The van der Waals surface area contributed by atoms with Crippen LogP contribution < -0.4 is 14.8 Å². The molecule has 0 saturated heterocycles. The maximum Gasteiger partial charge on any atom is 0.259 e. The molecule has 0 spiro atoms. The first kappa shape index (κ1) is 20.6. The number of fused-ring (bicyclic) bond motifs is 1. The van der Waals surface area contributed by atoms with E-state index < -0.39 is 11.8 Å². The third kappa shape index (κ3) is 3.66. The molecule has 0 unspecified atom stereocenters. The Labute approximate surface area is 179 Å². The van der Waals surface area contributed by atoms with Gasteiger partial charge in [-0.05, 0) is 36.2 Å². The molecule has 1 aliphatic heterocycles. The van der Waals surface area contributed by atoms with Crippen molar-refractivity contribution in [3.05, 3.63) is 53.9 Å². The van der Waals surface area contributed by atoms with E-state index in [4.69, 9.17) is 14.2 Å². The maximum atomic E-state index is 12.9. The van der Waals surface area contributed by atoms with E-state index in [0.29, 0.717) is 46.9 Å². The first-order valence-corrected chi connectivity index (χ1v) is 9.84. The molecule has 1 N–H and O–H groups in total. The summed E-state index contributed by atoms with van der Waals surface area (Å²) in [5.74, 6) is 0.130. The first-order valence-electron chi connectivity index (χ1n) is 9.84. The molecule has 2 aromatic heterocycles. The van der Waals surface area contributed by atoms with Crippen LogP contribution >= 0.6 is 0 Å². The molecule has 31 heavy (non-hydrogen) atoms. The molecule has 0 aliphatic carbocycles. The number of imide groups is 1. The van der Waals surface area contributed by atoms with Gasteiger partial charge in [-0.25, -0.2) is 4.98 Å². The van der Waals surface area contributed by atoms with Gasteiger partial charge in [0.25, 0.3) is 11.8 Å². The SMILES string of the molecule is COCCCn1cc(C2=C(c3ccc(OC)c(OC)c3)C(=O)NC2=O)c2cccnc21. The molecule has 8 heteroatoms. The Morgan fingerprint density at radius 1 is 1.00 bits per heavy atom. The lowest BCUT2D eigenvalue weighted by atomic mass is 9.96. The van der Waals surface area contributed by atoms with Crippen molar-refractivity contribution in [1.82, 2.24) is 14.9 Å². The number of hydrogen-bond acceptors (Lipinski definition) is 6. The number of aryl methyl sites for hydroxylation is 1. The number of hydrogen-bond donors (Lipinski definition) is 1. The third-order valence-electron chi connectivity index (χ3n) is 5.25. The highest BCUT2D eigenvalue weighted by Gasteiger charge is 2.34. The number of rotatable bonds is 8. The van der Waals surface area contributed by atoms with E-state index >= 15 is 0 Å². The third-order valence-corrected chi connectivity index (χ3v) is 5.25. The van der Waals surface area contributed by atoms with Crippen LogP contribution in [0.1, 0.15) is 17.5 Å². The van der Waals surface area contributed by atoms with E-state index in [9.17, 15) is 9.59 Å². The second kappa shape index (κ2) is 8.61. The summed E-state index contributed by atoms with van der Waals surface area (Å²) in [7, 11) is 4.72. The molecule has 160 valence electrons. The van der Waals surface area contributed by atoms with Gasteiger partial charge in [0, 0.05) is 43.6 Å². The number of amides is 2. The molecule has 3 aromatic rings. The van der Waals surface area contributed by atoms with Gasteiger partial charge >= 0.3 is 0 Å². The molecule has 0 radical (unpaired) electrons. The fourth-order valence-corrected chi connectivity index (χ4v) is 3.85. The van der Waals surface area contributed by atoms with Crippen molar-refractivity contribution in [2.45, 2.75) is 13.0 Å². The number of ether oxygens (including phenoxy) is 3. The predicted octanol–water partition coefficient (Wildman–Crippen LogP) is 2.66. The molecule has 1 aliphatic rings. The molecule has 4 rings (SSSR count). The van der Waals surface area contributed by atoms with Crippen molar-refractivity contribution in [3.63, 3.8) is 0 Å². The van der Waals surface area contributed by atoms with Gasteiger partial charge in [0.2, 0.25) is 0 Å². The summed E-state index contributed by atoms with van der Waals surface area (Å²) in [6.07, 6.45) is 4.38. The molecule has 2 amide bonds. The summed E-state index contributed by atoms with van der Waals surface area (Å²) in [4.78, 5) is 30.1. The molecule has 0 fully saturated rings. The van der Waals surface area contributed by atoms with Crippen LogP contribution in [0, 0.1) is 0 Å². The maximum absolute atomic E-state index is 12.9. The molecule has 0 bridgehead atoms. The van der Waals surface area contributed by atoms with Gasteiger partial charge in [0.05, 0.1) is 25.4 Å². The van der Waals surface area contributed by atoms with Crippen LogP contribution in [-0.2, 0) is 20.9 Å². The summed E-state index contributed by atoms with van der Waals surface area (Å²) >= 11 is 0. The number of carbonyl (C=O) groups is 2. The number of carbonyl (C=O) groups excluding carboxylic acids is 2. The van der Waals surface area contributed by atoms with Gasteiger partial charge < -0.3 is 18.8 Å². The number of pyridine rings is 1. The highest BCUT2D eigenvalue weighted by molar-refractivity contribution is 6.50. The Kier molecular flexibility index (Phi) is 5.73. The molecule has 8 nitrogen and oxygen atoms in total. The summed E-state index contributed by atoms with van der Waals surface area (Å²) in [6.45, 7) is 1.29. The van der Waals surface area contributed by atoms with Crippen molar-refractivity contribution in [3.8, 4) is 11.5 Å². The van der Waals surface area contributed by atoms with Gasteiger partial charge in [0.1, 0.15) is 5.65 Å². The van der Waals surface area contributed by atoms with E-state index in [1.165, 1.54) is 7.11 Å². The van der Waals surface area contributed by atoms with Crippen LogP contribution in [0.5, 0.6) is 11.5 Å². The minimum absolute atomic E-state index is 0.297. The average molecular weight is 421 g/mol. The lowest BCUT2D eigenvalue weighted by molar-refractivity contribution is -0.122. The lowest BCUT2D eigenvalue weighted by Gasteiger charge is -2.10. The lowest BCUT2D eigenvalue weighted by Crippen LogP contribution is -2.22. The monoisotopic (exact) mass is 421 g/mol. The van der Waals surface area contributed by atoms with Crippen LogP contribution in [0.25, 0.3) is 22.2 Å². The first-order chi connectivity index (χ1) is 15.1. The molecule has 0 saturated carbocycles. The van der Waals surface area contributed by atoms with E-state index in [0.717, 1.165) is 17.5 Å². The summed E-state index contributed by atoms with van der Waals surface area (Å²) < 4.78 is 17.8. The van der Waals surface area contributed by atoms with Crippen LogP contribution in [0.2, 0.25) is 0 Å². The second-order valence-electron chi connectivity index (χ2n) is 7.06. The van der Waals surface area contributed by atoms with Gasteiger partial charge in [-0.2, -0.15) is 0 Å². The fraction of sp³-hybridized carbons (Fsp3) is 0.261. The number of nitrogens with zero attached hydrogens (tertiary/aromatic N) is 2. The molecule has 3 heterocycles. The zero-order chi connectivity index (χ0) is 22.0. The Hall–Kier alpha value is -3.65. The minimum Gasteiger partial charge on any atom is -0.493 e. The fourth-order valence-electron chi connectivity index (χ4n) is 3.85.